The summed E-state index contributed by atoms with van der Waals surface area (Å²) in [7, 11) is 1.57. The van der Waals surface area contributed by atoms with E-state index in [4.69, 9.17) is 25.4 Å². The number of ether oxygens (including phenoxy) is 3. The third-order valence-electron chi connectivity index (χ3n) is 5.60. The Kier molecular flexibility index (Phi) is 6.33. The van der Waals surface area contributed by atoms with E-state index in [-0.39, 0.29) is 11.8 Å². The summed E-state index contributed by atoms with van der Waals surface area (Å²) >= 11 is 0. The molecule has 0 aliphatic carbocycles. The first kappa shape index (κ1) is 23.1. The van der Waals surface area contributed by atoms with Gasteiger partial charge in [0.25, 0.3) is 5.95 Å². The smallest absolute Gasteiger partial charge is 0.350 e. The molecule has 4 aromatic rings. The number of benzene rings is 2. The molecular weight excluding hydrogens is 464 g/mol. The van der Waals surface area contributed by atoms with Crippen LogP contribution in [0, 0.1) is 5.41 Å². The lowest BCUT2D eigenvalue weighted by Gasteiger charge is -2.21. The molecule has 5 N–H and O–H groups in total. The van der Waals surface area contributed by atoms with E-state index in [0.29, 0.717) is 42.7 Å². The maximum Gasteiger partial charge on any atom is 0.350 e. The Bertz CT molecular complexity index is 1430. The predicted octanol–water partition coefficient (Wildman–Crippen LogP) is 1.75. The van der Waals surface area contributed by atoms with Crippen LogP contribution < -0.4 is 26.2 Å². The van der Waals surface area contributed by atoms with E-state index in [1.807, 2.05) is 12.1 Å². The monoisotopic (exact) mass is 488 g/mol. The van der Waals surface area contributed by atoms with Gasteiger partial charge in [0.15, 0.2) is 17.3 Å². The number of hydrogen-bond acceptors (Lipinski definition) is 9. The standard InChI is InChI=1S/C24H24N8O4/c1-34-18-12-15(11-16-13-35-9-10-36-20(16)18)19(29-17-5-3-14(4-6-17)21(25)26)22-30-24(33)32(31-22)23-27-7-2-8-28-23/h2-8,11-12,19,29H,9-10,13H2,1H3,(H3,25,26)(H,30,31,33)/t19-/m0/s1. The Balaban J connectivity index is 1.61. The van der Waals surface area contributed by atoms with E-state index in [1.165, 1.54) is 12.4 Å². The van der Waals surface area contributed by atoms with Gasteiger partial charge < -0.3 is 25.3 Å². The van der Waals surface area contributed by atoms with E-state index in [0.717, 1.165) is 21.5 Å². The molecule has 12 heteroatoms. The van der Waals surface area contributed by atoms with Crippen LogP contribution in [0.2, 0.25) is 0 Å². The number of nitrogens with zero attached hydrogens (tertiary/aromatic N) is 4. The average molecular weight is 489 g/mol. The van der Waals surface area contributed by atoms with Crippen molar-refractivity contribution in [1.82, 2.24) is 24.7 Å². The molecule has 0 fully saturated rings. The number of nitrogens with two attached hydrogens (primary N) is 1. The second-order valence-corrected chi connectivity index (χ2v) is 7.96. The summed E-state index contributed by atoms with van der Waals surface area (Å²) in [5.41, 5.74) is 7.99. The maximum absolute atomic E-state index is 12.8. The number of aromatic nitrogens is 5. The maximum atomic E-state index is 12.8. The van der Waals surface area contributed by atoms with E-state index < -0.39 is 11.7 Å². The second-order valence-electron chi connectivity index (χ2n) is 7.96. The SMILES string of the molecule is COc1cc([C@H](Nc2ccc(C(=N)N)cc2)c2nn(-c3ncccn3)c(=O)[nH]2)cc2c1OCCOC2. The molecule has 0 spiro atoms. The minimum Gasteiger partial charge on any atom is -0.493 e. The van der Waals surface area contributed by atoms with Gasteiger partial charge in [-0.25, -0.2) is 14.8 Å². The predicted molar refractivity (Wildman–Crippen MR) is 131 cm³/mol. The molecule has 12 nitrogen and oxygen atoms in total. The van der Waals surface area contributed by atoms with Crippen LogP contribution in [0.25, 0.3) is 5.95 Å². The van der Waals surface area contributed by atoms with Crippen LogP contribution in [0.3, 0.4) is 0 Å². The highest BCUT2D eigenvalue weighted by Crippen LogP contribution is 2.38. The Labute approximate surface area is 205 Å². The molecule has 2 aromatic carbocycles. The van der Waals surface area contributed by atoms with Crippen LogP contribution in [0.15, 0.2) is 59.7 Å². The van der Waals surface area contributed by atoms with Crippen LogP contribution >= 0.6 is 0 Å². The minimum absolute atomic E-state index is 0.0282. The summed E-state index contributed by atoms with van der Waals surface area (Å²) in [4.78, 5) is 23.9. The van der Waals surface area contributed by atoms with Gasteiger partial charge in [0, 0.05) is 29.2 Å². The number of fused-ring (bicyclic) bond motifs is 1. The summed E-state index contributed by atoms with van der Waals surface area (Å²) in [6, 6.07) is 11.9. The van der Waals surface area contributed by atoms with Gasteiger partial charge >= 0.3 is 5.69 Å². The third-order valence-corrected chi connectivity index (χ3v) is 5.60. The molecule has 1 aliphatic heterocycles. The summed E-state index contributed by atoms with van der Waals surface area (Å²) in [6.45, 7) is 1.23. The summed E-state index contributed by atoms with van der Waals surface area (Å²) in [5, 5.41) is 15.5. The minimum atomic E-state index is -0.603. The molecular formula is C24H24N8O4. The Morgan fingerprint density at radius 1 is 1.22 bits per heavy atom. The van der Waals surface area contributed by atoms with Gasteiger partial charge in [-0.15, -0.1) is 9.78 Å². The van der Waals surface area contributed by atoms with Gasteiger partial charge in [0.2, 0.25) is 0 Å². The van der Waals surface area contributed by atoms with Crippen molar-refractivity contribution in [2.24, 2.45) is 5.73 Å². The van der Waals surface area contributed by atoms with E-state index in [2.05, 4.69) is 25.4 Å². The number of nitrogens with one attached hydrogen (secondary N) is 3. The van der Waals surface area contributed by atoms with Crippen molar-refractivity contribution in [1.29, 1.82) is 5.41 Å². The van der Waals surface area contributed by atoms with Crippen molar-refractivity contribution < 1.29 is 14.2 Å². The van der Waals surface area contributed by atoms with Gasteiger partial charge in [0.05, 0.1) is 20.3 Å². The highest BCUT2D eigenvalue weighted by Gasteiger charge is 2.25. The largest absolute Gasteiger partial charge is 0.493 e. The second kappa shape index (κ2) is 9.88. The number of rotatable bonds is 7. The lowest BCUT2D eigenvalue weighted by Crippen LogP contribution is -2.18. The van der Waals surface area contributed by atoms with Crippen LogP contribution in [0.5, 0.6) is 11.5 Å². The van der Waals surface area contributed by atoms with Gasteiger partial charge in [-0.05, 0) is 48.0 Å². The Hall–Kier alpha value is -4.71. The van der Waals surface area contributed by atoms with Crippen LogP contribution in [-0.2, 0) is 11.3 Å². The fourth-order valence-corrected chi connectivity index (χ4v) is 3.89. The third kappa shape index (κ3) is 4.61. The normalized spacial score (nSPS) is 13.7. The number of methoxy groups -OCH3 is 1. The van der Waals surface area contributed by atoms with Gasteiger partial charge in [-0.1, -0.05) is 0 Å². The molecule has 0 saturated carbocycles. The summed E-state index contributed by atoms with van der Waals surface area (Å²) in [5.74, 6) is 1.62. The molecule has 3 heterocycles. The highest BCUT2D eigenvalue weighted by molar-refractivity contribution is 5.95. The Morgan fingerprint density at radius 3 is 2.72 bits per heavy atom. The molecule has 1 aliphatic rings. The molecule has 0 amide bonds. The molecule has 184 valence electrons. The van der Waals surface area contributed by atoms with Crippen LogP contribution in [0.4, 0.5) is 5.69 Å². The number of amidine groups is 1. The lowest BCUT2D eigenvalue weighted by atomic mass is 10.0. The van der Waals surface area contributed by atoms with Crippen molar-refractivity contribution >= 4 is 11.5 Å². The quantitative estimate of drug-likeness (QED) is 0.224. The molecule has 36 heavy (non-hydrogen) atoms. The number of anilines is 1. The number of H-pyrrole nitrogens is 1. The molecule has 5 rings (SSSR count). The van der Waals surface area contributed by atoms with Gasteiger partial charge in [-0.3, -0.25) is 10.4 Å². The van der Waals surface area contributed by atoms with Crippen molar-refractivity contribution in [3.05, 3.63) is 87.9 Å². The molecule has 0 radical (unpaired) electrons. The fraction of sp³-hybridized carbons (Fsp3) is 0.208. The highest BCUT2D eigenvalue weighted by atomic mass is 16.5. The van der Waals surface area contributed by atoms with Crippen molar-refractivity contribution in [3.63, 3.8) is 0 Å². The van der Waals surface area contributed by atoms with Crippen molar-refractivity contribution in [2.75, 3.05) is 25.6 Å². The lowest BCUT2D eigenvalue weighted by molar-refractivity contribution is 0.106. The van der Waals surface area contributed by atoms with Crippen LogP contribution in [-0.4, -0.2) is 50.9 Å². The van der Waals surface area contributed by atoms with Crippen molar-refractivity contribution in [2.45, 2.75) is 12.6 Å². The number of hydrogen-bond donors (Lipinski definition) is 4. The zero-order valence-electron chi connectivity index (χ0n) is 19.4. The fourth-order valence-electron chi connectivity index (χ4n) is 3.89. The Morgan fingerprint density at radius 2 is 2.00 bits per heavy atom. The topological polar surface area (TPSA) is 166 Å². The van der Waals surface area contributed by atoms with E-state index >= 15 is 0 Å². The van der Waals surface area contributed by atoms with Gasteiger partial charge in [-0.2, -0.15) is 0 Å². The van der Waals surface area contributed by atoms with Crippen molar-refractivity contribution in [3.8, 4) is 17.4 Å². The number of aromatic amines is 1. The number of nitrogen functional groups attached to an aromatic ring is 1. The van der Waals surface area contributed by atoms with Gasteiger partial charge in [0.1, 0.15) is 18.5 Å². The van der Waals surface area contributed by atoms with E-state index in [1.54, 1.807) is 37.4 Å². The molecule has 0 unspecified atom stereocenters. The molecule has 0 bridgehead atoms. The molecule has 2 aromatic heterocycles. The zero-order valence-corrected chi connectivity index (χ0v) is 19.4. The summed E-state index contributed by atoms with van der Waals surface area (Å²) in [6.07, 6.45) is 3.07. The first-order valence-corrected chi connectivity index (χ1v) is 11.1. The zero-order chi connectivity index (χ0) is 25.1. The molecule has 0 saturated heterocycles. The molecule has 1 atom stereocenters. The van der Waals surface area contributed by atoms with Crippen LogP contribution in [0.1, 0.15) is 28.6 Å². The average Bonchev–Trinajstić information content (AvgIpc) is 3.12. The first-order valence-electron chi connectivity index (χ1n) is 11.1. The van der Waals surface area contributed by atoms with E-state index in [9.17, 15) is 4.79 Å². The summed E-state index contributed by atoms with van der Waals surface area (Å²) < 4.78 is 18.2. The first-order chi connectivity index (χ1) is 17.5.